The molecule has 0 bridgehead atoms. The number of carbonyl (C=O) groups excluding carboxylic acids is 7. The van der Waals surface area contributed by atoms with E-state index in [9.17, 15) is 46.7 Å². The molecule has 14 nitrogen and oxygen atoms in total. The lowest BCUT2D eigenvalue weighted by Crippen LogP contribution is -2.61. The summed E-state index contributed by atoms with van der Waals surface area (Å²) in [6.45, 7) is 9.51. The average Bonchev–Trinajstić information content (AvgIpc) is 3.93. The molecule has 1 aromatic carbocycles. The van der Waals surface area contributed by atoms with Gasteiger partial charge in [0.15, 0.2) is 0 Å². The number of fused-ring (bicyclic) bond motifs is 1. The van der Waals surface area contributed by atoms with E-state index in [1.165, 1.54) is 23.9 Å². The van der Waals surface area contributed by atoms with Gasteiger partial charge >= 0.3 is 12.3 Å². The van der Waals surface area contributed by atoms with Crippen molar-refractivity contribution in [2.45, 2.75) is 104 Å². The third-order valence-corrected chi connectivity index (χ3v) is 10.8. The number of amides is 6. The van der Waals surface area contributed by atoms with Crippen LogP contribution in [0.15, 0.2) is 30.3 Å². The molecule has 6 atom stereocenters. The van der Waals surface area contributed by atoms with Crippen LogP contribution in [0.3, 0.4) is 0 Å². The van der Waals surface area contributed by atoms with Crippen molar-refractivity contribution >= 4 is 41.4 Å². The normalized spacial score (nSPS) is 21.9. The smallest absolute Gasteiger partial charge is 0.427 e. The number of nitrogens with one attached hydrogen (secondary N) is 4. The van der Waals surface area contributed by atoms with Gasteiger partial charge in [-0.05, 0) is 54.4 Å². The first-order valence-corrected chi connectivity index (χ1v) is 18.3. The molecule has 0 unspecified atom stereocenters. The van der Waals surface area contributed by atoms with Gasteiger partial charge in [-0.2, -0.15) is 13.2 Å². The monoisotopic (exact) mass is 778 g/mol. The second-order valence-corrected chi connectivity index (χ2v) is 17.2. The van der Waals surface area contributed by atoms with Crippen molar-refractivity contribution in [1.82, 2.24) is 31.1 Å². The van der Waals surface area contributed by atoms with Gasteiger partial charge in [0.2, 0.25) is 35.0 Å². The van der Waals surface area contributed by atoms with Crippen molar-refractivity contribution < 1.29 is 51.5 Å². The highest BCUT2D eigenvalue weighted by molar-refractivity contribution is 6.38. The van der Waals surface area contributed by atoms with Gasteiger partial charge in [0.05, 0.1) is 12.6 Å². The number of hydrogen-bond acceptors (Lipinski definition) is 8. The Labute approximate surface area is 319 Å². The predicted molar refractivity (Wildman–Crippen MR) is 193 cm³/mol. The van der Waals surface area contributed by atoms with Gasteiger partial charge in [0.1, 0.15) is 18.1 Å². The van der Waals surface area contributed by atoms with E-state index in [0.29, 0.717) is 19.4 Å². The molecule has 0 spiro atoms. The van der Waals surface area contributed by atoms with Crippen LogP contribution in [-0.4, -0.2) is 108 Å². The molecule has 304 valence electrons. The summed E-state index contributed by atoms with van der Waals surface area (Å²) in [7, 11) is 3.06. The Kier molecular flexibility index (Phi) is 12.4. The summed E-state index contributed by atoms with van der Waals surface area (Å²) in [6, 6.07) is 3.65. The standard InChI is InChI=1S/C38H53F3N6O8/c1-35(2,3)29(45-34(54)55-37(6,7)38(39,40)41)33(53)47-19-22-25(36(22,4)5)27(47)30(50)43-23(17-20-15-16-20)28(49)31(51)42-18-24(48)44-26(32(52)46(8)9)21-13-11-10-12-14-21/h10-14,20,22-23,25-27,29H,15-19H2,1-9H3,(H,42,51)(H,43,50)(H,44,48)(H,45,54)/t22-,23-,25-,26-,27-,29+/m0/s1. The molecule has 1 aliphatic heterocycles. The molecular weight excluding hydrogens is 725 g/mol. The SMILES string of the molecule is CN(C)C(=O)[C@@H](NC(=O)CNC(=O)C(=O)[C@H](CC1CC1)NC(=O)[C@@H]1[C@@H]2[C@H](CN1C(=O)[C@@H](NC(=O)OC(C)(C)C(F)(F)F)C(C)(C)C)C2(C)C)c1ccccc1. The van der Waals surface area contributed by atoms with Crippen LogP contribution < -0.4 is 21.3 Å². The summed E-state index contributed by atoms with van der Waals surface area (Å²) >= 11 is 0. The fraction of sp³-hybridized carbons (Fsp3) is 0.658. The van der Waals surface area contributed by atoms with Gasteiger partial charge < -0.3 is 35.8 Å². The number of halogens is 3. The summed E-state index contributed by atoms with van der Waals surface area (Å²) in [5.41, 5.74) is -3.73. The van der Waals surface area contributed by atoms with Crippen LogP contribution in [-0.2, 0) is 33.5 Å². The summed E-state index contributed by atoms with van der Waals surface area (Å²) in [4.78, 5) is 96.0. The van der Waals surface area contributed by atoms with Crippen LogP contribution in [0.25, 0.3) is 0 Å². The van der Waals surface area contributed by atoms with Crippen molar-refractivity contribution in [3.63, 3.8) is 0 Å². The van der Waals surface area contributed by atoms with Crippen molar-refractivity contribution in [2.75, 3.05) is 27.2 Å². The summed E-state index contributed by atoms with van der Waals surface area (Å²) in [5.74, 6) is -5.09. The lowest BCUT2D eigenvalue weighted by molar-refractivity contribution is -0.244. The average molecular weight is 779 g/mol. The first-order chi connectivity index (χ1) is 25.3. The second-order valence-electron chi connectivity index (χ2n) is 17.2. The minimum Gasteiger partial charge on any atom is -0.434 e. The van der Waals surface area contributed by atoms with Gasteiger partial charge in [-0.3, -0.25) is 28.8 Å². The Morgan fingerprint density at radius 1 is 0.927 bits per heavy atom. The molecule has 4 rings (SSSR count). The second kappa shape index (κ2) is 15.8. The zero-order valence-corrected chi connectivity index (χ0v) is 32.8. The number of ether oxygens (including phenoxy) is 1. The molecule has 3 aliphatic rings. The zero-order valence-electron chi connectivity index (χ0n) is 32.8. The topological polar surface area (TPSA) is 183 Å². The minimum atomic E-state index is -4.88. The number of rotatable bonds is 14. The van der Waals surface area contributed by atoms with Crippen LogP contribution in [0.5, 0.6) is 0 Å². The van der Waals surface area contributed by atoms with E-state index in [4.69, 9.17) is 0 Å². The van der Waals surface area contributed by atoms with Crippen molar-refractivity contribution in [2.24, 2.45) is 28.6 Å². The number of piperidine rings is 1. The number of carbonyl (C=O) groups is 7. The molecule has 55 heavy (non-hydrogen) atoms. The molecule has 1 saturated heterocycles. The molecule has 0 radical (unpaired) electrons. The van der Waals surface area contributed by atoms with Gasteiger partial charge in [0.25, 0.3) is 5.91 Å². The van der Waals surface area contributed by atoms with E-state index in [1.807, 2.05) is 13.8 Å². The summed E-state index contributed by atoms with van der Waals surface area (Å²) in [6.07, 6.45) is -4.65. The van der Waals surface area contributed by atoms with Crippen molar-refractivity contribution in [3.05, 3.63) is 35.9 Å². The van der Waals surface area contributed by atoms with E-state index in [-0.39, 0.29) is 36.1 Å². The highest BCUT2D eigenvalue weighted by Gasteiger charge is 2.70. The third-order valence-electron chi connectivity index (χ3n) is 10.8. The van der Waals surface area contributed by atoms with Gasteiger partial charge in [-0.25, -0.2) is 4.79 Å². The fourth-order valence-corrected chi connectivity index (χ4v) is 7.05. The number of nitrogens with zero attached hydrogens (tertiary/aromatic N) is 2. The zero-order chi connectivity index (χ0) is 41.4. The largest absolute Gasteiger partial charge is 0.434 e. The van der Waals surface area contributed by atoms with Crippen LogP contribution in [0.4, 0.5) is 18.0 Å². The van der Waals surface area contributed by atoms with E-state index in [2.05, 4.69) is 26.0 Å². The third kappa shape index (κ3) is 9.95. The van der Waals surface area contributed by atoms with Gasteiger partial charge in [0, 0.05) is 20.6 Å². The number of likely N-dealkylation sites (N-methyl/N-ethyl adjacent to an activating group) is 1. The molecule has 1 aromatic rings. The highest BCUT2D eigenvalue weighted by Crippen LogP contribution is 2.65. The number of hydrogen-bond donors (Lipinski definition) is 4. The first-order valence-electron chi connectivity index (χ1n) is 18.3. The van der Waals surface area contributed by atoms with E-state index < -0.39 is 89.3 Å². The number of Topliss-reactive ketones (excluding diaryl/α,β-unsaturated/α-hetero) is 1. The Hall–Kier alpha value is -4.70. The first kappa shape index (κ1) is 43.0. The number of ketones is 1. The van der Waals surface area contributed by atoms with Gasteiger partial charge in [-0.1, -0.05) is 77.8 Å². The molecule has 2 saturated carbocycles. The van der Waals surface area contributed by atoms with Gasteiger partial charge in [-0.15, -0.1) is 0 Å². The van der Waals surface area contributed by atoms with Crippen LogP contribution in [0.2, 0.25) is 0 Å². The number of alkyl carbamates (subject to hydrolysis) is 1. The summed E-state index contributed by atoms with van der Waals surface area (Å²) in [5, 5.41) is 9.86. The Balaban J connectivity index is 1.47. The lowest BCUT2D eigenvalue weighted by Gasteiger charge is -2.38. The molecule has 0 aromatic heterocycles. The number of benzene rings is 1. The van der Waals surface area contributed by atoms with Crippen LogP contribution in [0.1, 0.15) is 79.3 Å². The van der Waals surface area contributed by atoms with E-state index >= 15 is 0 Å². The highest BCUT2D eigenvalue weighted by atomic mass is 19.4. The maximum Gasteiger partial charge on any atom is 0.427 e. The molecule has 3 fully saturated rings. The number of likely N-dealkylation sites (tertiary alicyclic amines) is 1. The fourth-order valence-electron chi connectivity index (χ4n) is 7.05. The van der Waals surface area contributed by atoms with Crippen LogP contribution in [0, 0.1) is 28.6 Å². The maximum absolute atomic E-state index is 14.2. The van der Waals surface area contributed by atoms with E-state index in [1.54, 1.807) is 51.1 Å². The lowest BCUT2D eigenvalue weighted by atomic mass is 9.85. The molecule has 17 heteroatoms. The Morgan fingerprint density at radius 3 is 2.05 bits per heavy atom. The molecular formula is C38H53F3N6O8. The maximum atomic E-state index is 14.2. The van der Waals surface area contributed by atoms with Crippen molar-refractivity contribution in [1.29, 1.82) is 0 Å². The van der Waals surface area contributed by atoms with Crippen molar-refractivity contribution in [3.8, 4) is 0 Å². The van der Waals surface area contributed by atoms with Crippen LogP contribution >= 0.6 is 0 Å². The predicted octanol–water partition coefficient (Wildman–Crippen LogP) is 2.87. The quantitative estimate of drug-likeness (QED) is 0.208. The molecule has 1 heterocycles. The molecule has 4 N–H and O–H groups in total. The minimum absolute atomic E-state index is 0.0573. The molecule has 6 amide bonds. The Morgan fingerprint density at radius 2 is 1.53 bits per heavy atom. The Bertz CT molecular complexity index is 1670. The molecule has 2 aliphatic carbocycles. The van der Waals surface area contributed by atoms with E-state index in [0.717, 1.165) is 12.8 Å². The number of alkyl halides is 3. The summed E-state index contributed by atoms with van der Waals surface area (Å²) < 4.78 is 45.0.